The summed E-state index contributed by atoms with van der Waals surface area (Å²) in [6, 6.07) is 11.4. The van der Waals surface area contributed by atoms with Gasteiger partial charge in [-0.1, -0.05) is 18.2 Å². The lowest BCUT2D eigenvalue weighted by molar-refractivity contribution is -0.926. The van der Waals surface area contributed by atoms with Crippen molar-refractivity contribution >= 4 is 22.1 Å². The van der Waals surface area contributed by atoms with Gasteiger partial charge in [-0.25, -0.2) is 0 Å². The first kappa shape index (κ1) is 17.1. The highest BCUT2D eigenvalue weighted by molar-refractivity contribution is 6.05. The first-order valence-electron chi connectivity index (χ1n) is 9.14. The monoisotopic (exact) mass is 326 g/mol. The molecule has 1 aliphatic heterocycles. The minimum absolute atomic E-state index is 1.14. The standard InChI is InChI=1S/C21H32N3/c1-22(2)19-11-9-10-18-17(12-13-20(21(18)19)23(3)4)16-24(5)14-7-6-8-15-24/h9-13H,6-8,14-16H2,1-5H3/q+1. The van der Waals surface area contributed by atoms with Gasteiger partial charge in [0, 0.05) is 50.5 Å². The first-order valence-corrected chi connectivity index (χ1v) is 9.14. The van der Waals surface area contributed by atoms with Gasteiger partial charge in [-0.3, -0.25) is 0 Å². The van der Waals surface area contributed by atoms with Crippen LogP contribution in [0.4, 0.5) is 11.4 Å². The molecule has 1 saturated heterocycles. The highest BCUT2D eigenvalue weighted by Gasteiger charge is 2.26. The van der Waals surface area contributed by atoms with Crippen LogP contribution in [-0.4, -0.2) is 52.8 Å². The second-order valence-corrected chi connectivity index (χ2v) is 8.02. The molecule has 3 nitrogen and oxygen atoms in total. The van der Waals surface area contributed by atoms with E-state index in [1.54, 1.807) is 0 Å². The SMILES string of the molecule is CN(C)c1cccc2c(C[N+]3(C)CCCCC3)ccc(N(C)C)c12. The summed E-state index contributed by atoms with van der Waals surface area (Å²) in [5.74, 6) is 0. The summed E-state index contributed by atoms with van der Waals surface area (Å²) >= 11 is 0. The molecule has 2 aromatic carbocycles. The molecule has 0 unspecified atom stereocenters. The molecule has 0 saturated carbocycles. The molecule has 0 atom stereocenters. The molecule has 0 amide bonds. The Bertz CT molecular complexity index is 698. The lowest BCUT2D eigenvalue weighted by Crippen LogP contribution is -2.47. The van der Waals surface area contributed by atoms with E-state index in [4.69, 9.17) is 0 Å². The van der Waals surface area contributed by atoms with Crippen LogP contribution in [0.3, 0.4) is 0 Å². The topological polar surface area (TPSA) is 6.48 Å². The molecule has 0 spiro atoms. The predicted molar refractivity (Wildman–Crippen MR) is 106 cm³/mol. The number of anilines is 2. The zero-order valence-electron chi connectivity index (χ0n) is 16.0. The van der Waals surface area contributed by atoms with Gasteiger partial charge in [0.15, 0.2) is 0 Å². The summed E-state index contributed by atoms with van der Waals surface area (Å²) in [6.45, 7) is 3.76. The fourth-order valence-corrected chi connectivity index (χ4v) is 4.16. The van der Waals surface area contributed by atoms with Crippen molar-refractivity contribution in [2.75, 3.05) is 58.1 Å². The van der Waals surface area contributed by atoms with Gasteiger partial charge in [-0.15, -0.1) is 0 Å². The Labute approximate surface area is 147 Å². The smallest absolute Gasteiger partial charge is 0.105 e. The second-order valence-electron chi connectivity index (χ2n) is 8.02. The van der Waals surface area contributed by atoms with E-state index >= 15 is 0 Å². The summed E-state index contributed by atoms with van der Waals surface area (Å²) in [4.78, 5) is 4.46. The summed E-state index contributed by atoms with van der Waals surface area (Å²) in [6.07, 6.45) is 4.14. The van der Waals surface area contributed by atoms with Gasteiger partial charge in [-0.05, 0) is 36.8 Å². The molecule has 0 bridgehead atoms. The molecule has 0 aliphatic carbocycles. The summed E-state index contributed by atoms with van der Waals surface area (Å²) in [7, 11) is 11.0. The van der Waals surface area contributed by atoms with Crippen molar-refractivity contribution in [3.63, 3.8) is 0 Å². The number of fused-ring (bicyclic) bond motifs is 1. The first-order chi connectivity index (χ1) is 11.4. The molecule has 130 valence electrons. The van der Waals surface area contributed by atoms with Crippen LogP contribution in [-0.2, 0) is 6.54 Å². The van der Waals surface area contributed by atoms with Crippen LogP contribution in [0.15, 0.2) is 30.3 Å². The van der Waals surface area contributed by atoms with Crippen molar-refractivity contribution in [3.05, 3.63) is 35.9 Å². The highest BCUT2D eigenvalue weighted by Crippen LogP contribution is 2.37. The molecule has 3 heteroatoms. The molecule has 0 aromatic heterocycles. The zero-order valence-corrected chi connectivity index (χ0v) is 16.0. The number of quaternary nitrogens is 1. The number of likely N-dealkylation sites (tertiary alicyclic amines) is 1. The Kier molecular flexibility index (Phi) is 4.73. The molecule has 2 aromatic rings. The van der Waals surface area contributed by atoms with Crippen LogP contribution in [0.5, 0.6) is 0 Å². The van der Waals surface area contributed by atoms with E-state index in [0.29, 0.717) is 0 Å². The number of rotatable bonds is 4. The van der Waals surface area contributed by atoms with E-state index in [0.717, 1.165) is 6.54 Å². The van der Waals surface area contributed by atoms with Crippen LogP contribution in [0.1, 0.15) is 24.8 Å². The lowest BCUT2D eigenvalue weighted by Gasteiger charge is -2.38. The van der Waals surface area contributed by atoms with Crippen LogP contribution in [0.25, 0.3) is 10.8 Å². The molecule has 0 radical (unpaired) electrons. The number of piperidine rings is 1. The van der Waals surface area contributed by atoms with E-state index in [1.807, 2.05) is 0 Å². The summed E-state index contributed by atoms with van der Waals surface area (Å²) in [5, 5.41) is 2.80. The molecule has 1 aliphatic rings. The molecule has 0 N–H and O–H groups in total. The maximum Gasteiger partial charge on any atom is 0.105 e. The van der Waals surface area contributed by atoms with Crippen molar-refractivity contribution in [2.24, 2.45) is 0 Å². The molecule has 1 heterocycles. The van der Waals surface area contributed by atoms with E-state index in [9.17, 15) is 0 Å². The fraction of sp³-hybridized carbons (Fsp3) is 0.524. The van der Waals surface area contributed by atoms with Gasteiger partial charge in [0.25, 0.3) is 0 Å². The van der Waals surface area contributed by atoms with Gasteiger partial charge in [0.1, 0.15) is 6.54 Å². The minimum Gasteiger partial charge on any atom is -0.377 e. The third-order valence-corrected chi connectivity index (χ3v) is 5.50. The van der Waals surface area contributed by atoms with Crippen LogP contribution >= 0.6 is 0 Å². The van der Waals surface area contributed by atoms with Gasteiger partial charge < -0.3 is 14.3 Å². The van der Waals surface area contributed by atoms with Crippen molar-refractivity contribution < 1.29 is 4.48 Å². The third-order valence-electron chi connectivity index (χ3n) is 5.50. The Morgan fingerprint density at radius 2 is 1.46 bits per heavy atom. The summed E-state index contributed by atoms with van der Waals surface area (Å²) < 4.78 is 1.18. The average molecular weight is 327 g/mol. The maximum atomic E-state index is 2.43. The quantitative estimate of drug-likeness (QED) is 0.781. The summed E-state index contributed by atoms with van der Waals surface area (Å²) in [5.41, 5.74) is 4.10. The predicted octanol–water partition coefficient (Wildman–Crippen LogP) is 4.10. The van der Waals surface area contributed by atoms with E-state index in [-0.39, 0.29) is 0 Å². The van der Waals surface area contributed by atoms with E-state index in [2.05, 4.69) is 75.4 Å². The maximum absolute atomic E-state index is 2.43. The van der Waals surface area contributed by atoms with Gasteiger partial charge in [0.2, 0.25) is 0 Å². The fourth-order valence-electron chi connectivity index (χ4n) is 4.16. The van der Waals surface area contributed by atoms with Crippen LogP contribution in [0, 0.1) is 0 Å². The Balaban J connectivity index is 2.13. The number of nitrogens with zero attached hydrogens (tertiary/aromatic N) is 3. The zero-order chi connectivity index (χ0) is 17.3. The van der Waals surface area contributed by atoms with Crippen LogP contribution < -0.4 is 9.80 Å². The molecule has 3 rings (SSSR count). The Hall–Kier alpha value is -1.74. The van der Waals surface area contributed by atoms with Gasteiger partial charge >= 0.3 is 0 Å². The normalized spacial score (nSPS) is 17.0. The Morgan fingerprint density at radius 3 is 2.08 bits per heavy atom. The lowest BCUT2D eigenvalue weighted by atomic mass is 9.98. The van der Waals surface area contributed by atoms with Crippen molar-refractivity contribution in [1.82, 2.24) is 0 Å². The van der Waals surface area contributed by atoms with Crippen LogP contribution in [0.2, 0.25) is 0 Å². The largest absolute Gasteiger partial charge is 0.377 e. The average Bonchev–Trinajstić information content (AvgIpc) is 2.54. The minimum atomic E-state index is 1.14. The Morgan fingerprint density at radius 1 is 0.833 bits per heavy atom. The molecule has 24 heavy (non-hydrogen) atoms. The highest BCUT2D eigenvalue weighted by atomic mass is 15.3. The second kappa shape index (κ2) is 6.64. The van der Waals surface area contributed by atoms with Gasteiger partial charge in [0.05, 0.1) is 20.1 Å². The van der Waals surface area contributed by atoms with Gasteiger partial charge in [-0.2, -0.15) is 0 Å². The number of hydrogen-bond donors (Lipinski definition) is 0. The molecular formula is C21H32N3+. The van der Waals surface area contributed by atoms with Crippen molar-refractivity contribution in [1.29, 1.82) is 0 Å². The van der Waals surface area contributed by atoms with E-state index < -0.39 is 0 Å². The van der Waals surface area contributed by atoms with E-state index in [1.165, 1.54) is 64.5 Å². The number of benzene rings is 2. The number of hydrogen-bond acceptors (Lipinski definition) is 2. The molecule has 1 fully saturated rings. The third kappa shape index (κ3) is 3.23. The van der Waals surface area contributed by atoms with Crippen molar-refractivity contribution in [2.45, 2.75) is 25.8 Å². The molecular weight excluding hydrogens is 294 g/mol. The van der Waals surface area contributed by atoms with Crippen molar-refractivity contribution in [3.8, 4) is 0 Å².